The molecule has 108 valence electrons. The molecule has 6 heteroatoms. The van der Waals surface area contributed by atoms with Crippen LogP contribution in [-0.4, -0.2) is 64.4 Å². The number of nitrogens with zero attached hydrogens (tertiary/aromatic N) is 4. The van der Waals surface area contributed by atoms with Gasteiger partial charge in [0.05, 0.1) is 12.7 Å². The molecule has 0 aliphatic carbocycles. The van der Waals surface area contributed by atoms with Gasteiger partial charge in [0, 0.05) is 37.9 Å². The lowest BCUT2D eigenvalue weighted by Gasteiger charge is -2.21. The Morgan fingerprint density at radius 1 is 1.42 bits per heavy atom. The van der Waals surface area contributed by atoms with Crippen molar-refractivity contribution < 1.29 is 9.90 Å². The number of aromatic nitrogens is 2. The molecule has 1 heterocycles. The third-order valence-corrected chi connectivity index (χ3v) is 2.77. The number of likely N-dealkylation sites (N-methyl/N-ethyl adjacent to an activating group) is 1. The monoisotopic (exact) mass is 268 g/mol. The van der Waals surface area contributed by atoms with Crippen LogP contribution >= 0.6 is 0 Å². The second-order valence-corrected chi connectivity index (χ2v) is 5.02. The predicted octanol–water partition coefficient (Wildman–Crippen LogP) is 0.741. The summed E-state index contributed by atoms with van der Waals surface area (Å²) in [5, 5.41) is 13.2. The number of hydrogen-bond acceptors (Lipinski definition) is 4. The zero-order chi connectivity index (χ0) is 14.3. The Hall–Kier alpha value is -1.40. The topological polar surface area (TPSA) is 61.6 Å². The van der Waals surface area contributed by atoms with Crippen molar-refractivity contribution in [2.24, 2.45) is 0 Å². The fourth-order valence-corrected chi connectivity index (χ4v) is 1.84. The van der Waals surface area contributed by atoms with Crippen molar-refractivity contribution in [2.75, 3.05) is 33.7 Å². The van der Waals surface area contributed by atoms with Crippen LogP contribution in [0.2, 0.25) is 0 Å². The molecule has 0 amide bonds. The lowest BCUT2D eigenvalue weighted by atomic mass is 10.3. The normalized spacial score (nSPS) is 11.4. The highest BCUT2D eigenvalue weighted by Gasteiger charge is 2.11. The van der Waals surface area contributed by atoms with Gasteiger partial charge in [-0.05, 0) is 20.5 Å². The van der Waals surface area contributed by atoms with Gasteiger partial charge in [0.1, 0.15) is 0 Å². The molecule has 1 aromatic rings. The Kier molecular flexibility index (Phi) is 6.52. The first kappa shape index (κ1) is 15.7. The van der Waals surface area contributed by atoms with Crippen molar-refractivity contribution in [3.8, 4) is 0 Å². The van der Waals surface area contributed by atoms with E-state index in [4.69, 9.17) is 5.11 Å². The molecule has 0 spiro atoms. The van der Waals surface area contributed by atoms with Gasteiger partial charge in [-0.1, -0.05) is 6.92 Å². The zero-order valence-electron chi connectivity index (χ0n) is 12.0. The molecule has 0 atom stereocenters. The molecule has 0 fully saturated rings. The van der Waals surface area contributed by atoms with E-state index in [1.807, 2.05) is 36.1 Å². The van der Waals surface area contributed by atoms with E-state index < -0.39 is 5.97 Å². The number of carbonyl (C=O) groups is 1. The zero-order valence-corrected chi connectivity index (χ0v) is 12.0. The summed E-state index contributed by atoms with van der Waals surface area (Å²) in [7, 11) is 3.97. The van der Waals surface area contributed by atoms with Crippen LogP contribution < -0.4 is 0 Å². The van der Waals surface area contributed by atoms with E-state index >= 15 is 0 Å². The number of carboxylic acids is 1. The molecule has 1 N–H and O–H groups in total. The molecule has 0 radical (unpaired) electrons. The summed E-state index contributed by atoms with van der Waals surface area (Å²) in [5.74, 6) is -0.792. The SMILES string of the molecule is CCCn1cc(CN(CCN(C)C)CC(=O)O)cn1. The standard InChI is InChI=1S/C13H24N4O2/c1-4-5-17-10-12(8-14-17)9-16(11-13(18)19)7-6-15(2)3/h8,10H,4-7,9,11H2,1-3H3,(H,18,19). The van der Waals surface area contributed by atoms with Crippen LogP contribution in [0, 0.1) is 0 Å². The Morgan fingerprint density at radius 3 is 2.74 bits per heavy atom. The quantitative estimate of drug-likeness (QED) is 0.716. The number of hydrogen-bond donors (Lipinski definition) is 1. The Balaban J connectivity index is 2.56. The van der Waals surface area contributed by atoms with Gasteiger partial charge in [0.2, 0.25) is 0 Å². The fourth-order valence-electron chi connectivity index (χ4n) is 1.84. The average Bonchev–Trinajstić information content (AvgIpc) is 2.73. The summed E-state index contributed by atoms with van der Waals surface area (Å²) in [6, 6.07) is 0. The molecule has 1 aromatic heterocycles. The third kappa shape index (κ3) is 6.35. The van der Waals surface area contributed by atoms with Gasteiger partial charge in [-0.15, -0.1) is 0 Å². The number of carboxylic acid groups (broad SMARTS) is 1. The Labute approximate surface area is 114 Å². The summed E-state index contributed by atoms with van der Waals surface area (Å²) in [5.41, 5.74) is 1.06. The molecule has 0 aliphatic heterocycles. The van der Waals surface area contributed by atoms with E-state index in [0.717, 1.165) is 31.6 Å². The molecular formula is C13H24N4O2. The lowest BCUT2D eigenvalue weighted by molar-refractivity contribution is -0.138. The van der Waals surface area contributed by atoms with Gasteiger partial charge >= 0.3 is 5.97 Å². The van der Waals surface area contributed by atoms with E-state index in [1.165, 1.54) is 0 Å². The maximum Gasteiger partial charge on any atom is 0.317 e. The summed E-state index contributed by atoms with van der Waals surface area (Å²) in [6.45, 7) is 5.27. The van der Waals surface area contributed by atoms with Gasteiger partial charge < -0.3 is 10.0 Å². The van der Waals surface area contributed by atoms with Gasteiger partial charge in [0.15, 0.2) is 0 Å². The highest BCUT2D eigenvalue weighted by Crippen LogP contribution is 2.04. The maximum absolute atomic E-state index is 10.9. The molecule has 0 aromatic carbocycles. The minimum Gasteiger partial charge on any atom is -0.480 e. The highest BCUT2D eigenvalue weighted by atomic mass is 16.4. The van der Waals surface area contributed by atoms with Crippen molar-refractivity contribution in [1.29, 1.82) is 0 Å². The van der Waals surface area contributed by atoms with Crippen LogP contribution in [0.15, 0.2) is 12.4 Å². The van der Waals surface area contributed by atoms with Gasteiger partial charge in [0.25, 0.3) is 0 Å². The van der Waals surface area contributed by atoms with E-state index in [2.05, 4.69) is 16.9 Å². The van der Waals surface area contributed by atoms with Crippen LogP contribution in [0.5, 0.6) is 0 Å². The minimum atomic E-state index is -0.792. The van der Waals surface area contributed by atoms with E-state index in [9.17, 15) is 4.79 Å². The van der Waals surface area contributed by atoms with Crippen molar-refractivity contribution >= 4 is 5.97 Å². The maximum atomic E-state index is 10.9. The van der Waals surface area contributed by atoms with Crippen molar-refractivity contribution in [1.82, 2.24) is 19.6 Å². The summed E-state index contributed by atoms with van der Waals surface area (Å²) >= 11 is 0. The Morgan fingerprint density at radius 2 is 2.16 bits per heavy atom. The van der Waals surface area contributed by atoms with E-state index in [-0.39, 0.29) is 6.54 Å². The smallest absolute Gasteiger partial charge is 0.317 e. The Bertz CT molecular complexity index is 390. The molecule has 19 heavy (non-hydrogen) atoms. The van der Waals surface area contributed by atoms with E-state index in [1.54, 1.807) is 0 Å². The number of aryl methyl sites for hydroxylation is 1. The first-order valence-electron chi connectivity index (χ1n) is 6.61. The van der Waals surface area contributed by atoms with E-state index in [0.29, 0.717) is 6.54 Å². The van der Waals surface area contributed by atoms with Crippen molar-refractivity contribution in [2.45, 2.75) is 26.4 Å². The summed E-state index contributed by atoms with van der Waals surface area (Å²) in [4.78, 5) is 14.9. The van der Waals surface area contributed by atoms with Crippen LogP contribution in [0.3, 0.4) is 0 Å². The third-order valence-electron chi connectivity index (χ3n) is 2.77. The summed E-state index contributed by atoms with van der Waals surface area (Å²) in [6.07, 6.45) is 4.86. The number of rotatable bonds is 9. The molecule has 0 saturated heterocycles. The van der Waals surface area contributed by atoms with Crippen LogP contribution in [-0.2, 0) is 17.9 Å². The van der Waals surface area contributed by atoms with Crippen molar-refractivity contribution in [3.63, 3.8) is 0 Å². The highest BCUT2D eigenvalue weighted by molar-refractivity contribution is 5.69. The molecule has 0 aliphatic rings. The first-order valence-corrected chi connectivity index (χ1v) is 6.61. The molecule has 6 nitrogen and oxygen atoms in total. The van der Waals surface area contributed by atoms with Gasteiger partial charge in [-0.2, -0.15) is 5.10 Å². The number of aliphatic carboxylic acids is 1. The van der Waals surface area contributed by atoms with Gasteiger partial charge in [-0.3, -0.25) is 14.4 Å². The average molecular weight is 268 g/mol. The fraction of sp³-hybridized carbons (Fsp3) is 0.692. The lowest BCUT2D eigenvalue weighted by Crippen LogP contribution is -2.35. The first-order chi connectivity index (χ1) is 9.01. The largest absolute Gasteiger partial charge is 0.480 e. The second kappa shape index (κ2) is 7.91. The van der Waals surface area contributed by atoms with Crippen LogP contribution in [0.1, 0.15) is 18.9 Å². The van der Waals surface area contributed by atoms with Crippen LogP contribution in [0.25, 0.3) is 0 Å². The minimum absolute atomic E-state index is 0.0623. The van der Waals surface area contributed by atoms with Crippen molar-refractivity contribution in [3.05, 3.63) is 18.0 Å². The molecule has 0 unspecified atom stereocenters. The second-order valence-electron chi connectivity index (χ2n) is 5.02. The molecule has 1 rings (SSSR count). The molecule has 0 bridgehead atoms. The molecule has 0 saturated carbocycles. The van der Waals surface area contributed by atoms with Crippen LogP contribution in [0.4, 0.5) is 0 Å². The van der Waals surface area contributed by atoms with Gasteiger partial charge in [-0.25, -0.2) is 0 Å². The predicted molar refractivity (Wildman–Crippen MR) is 74.0 cm³/mol. The molecular weight excluding hydrogens is 244 g/mol. The summed E-state index contributed by atoms with van der Waals surface area (Å²) < 4.78 is 1.90.